The van der Waals surface area contributed by atoms with E-state index in [0.29, 0.717) is 25.2 Å². The normalized spacial score (nSPS) is 11.7. The van der Waals surface area contributed by atoms with Gasteiger partial charge in [-0.25, -0.2) is 0 Å². The van der Waals surface area contributed by atoms with Gasteiger partial charge in [0, 0.05) is 5.56 Å². The number of hydrogen-bond acceptors (Lipinski definition) is 4. The minimum atomic E-state index is -0.755. The maximum atomic E-state index is 10.2. The maximum Gasteiger partial charge on any atom is 0.204 e. The summed E-state index contributed by atoms with van der Waals surface area (Å²) >= 11 is 0. The lowest BCUT2D eigenvalue weighted by molar-refractivity contribution is 0.00764. The van der Waals surface area contributed by atoms with E-state index in [9.17, 15) is 5.11 Å². The molecule has 0 bridgehead atoms. The standard InChI is InChI=1S/C13H18N4O/c1-3-13(18,4-2)10-17-15-12(14-16-17)11-8-6-5-7-9-11/h5-9,18H,3-4,10H2,1-2H3. The molecule has 5 nitrogen and oxygen atoms in total. The Bertz CT molecular complexity index is 491. The lowest BCUT2D eigenvalue weighted by atomic mass is 9.98. The van der Waals surface area contributed by atoms with Crippen molar-refractivity contribution in [3.05, 3.63) is 30.3 Å². The molecule has 1 aromatic heterocycles. The van der Waals surface area contributed by atoms with Gasteiger partial charge in [-0.3, -0.25) is 0 Å². The minimum Gasteiger partial charge on any atom is -0.388 e. The zero-order valence-electron chi connectivity index (χ0n) is 10.7. The van der Waals surface area contributed by atoms with Gasteiger partial charge in [-0.2, -0.15) is 4.80 Å². The van der Waals surface area contributed by atoms with Crippen molar-refractivity contribution in [2.75, 3.05) is 0 Å². The van der Waals surface area contributed by atoms with Crippen LogP contribution in [-0.2, 0) is 6.54 Å². The van der Waals surface area contributed by atoms with Gasteiger partial charge in [0.1, 0.15) is 0 Å². The zero-order chi connectivity index (χ0) is 13.0. The van der Waals surface area contributed by atoms with Crippen molar-refractivity contribution in [1.82, 2.24) is 20.2 Å². The summed E-state index contributed by atoms with van der Waals surface area (Å²) in [6.45, 7) is 4.29. The quantitative estimate of drug-likeness (QED) is 0.875. The molecule has 0 saturated heterocycles. The fourth-order valence-electron chi connectivity index (χ4n) is 1.75. The van der Waals surface area contributed by atoms with Crippen molar-refractivity contribution in [2.45, 2.75) is 38.8 Å². The topological polar surface area (TPSA) is 63.8 Å². The summed E-state index contributed by atoms with van der Waals surface area (Å²) in [6, 6.07) is 9.69. The lowest BCUT2D eigenvalue weighted by Crippen LogP contribution is -2.33. The average Bonchev–Trinajstić information content (AvgIpc) is 2.88. The molecule has 2 aromatic rings. The number of aromatic nitrogens is 4. The fourth-order valence-corrected chi connectivity index (χ4v) is 1.75. The van der Waals surface area contributed by atoms with E-state index in [1.54, 1.807) is 0 Å². The van der Waals surface area contributed by atoms with Crippen LogP contribution in [0.1, 0.15) is 26.7 Å². The lowest BCUT2D eigenvalue weighted by Gasteiger charge is -2.23. The van der Waals surface area contributed by atoms with E-state index in [-0.39, 0.29) is 0 Å². The van der Waals surface area contributed by atoms with Crippen LogP contribution in [0.3, 0.4) is 0 Å². The summed E-state index contributed by atoms with van der Waals surface area (Å²) in [6.07, 6.45) is 1.34. The van der Waals surface area contributed by atoms with Gasteiger partial charge in [-0.15, -0.1) is 10.2 Å². The van der Waals surface area contributed by atoms with Crippen molar-refractivity contribution < 1.29 is 5.11 Å². The number of rotatable bonds is 5. The van der Waals surface area contributed by atoms with Crippen molar-refractivity contribution in [3.8, 4) is 11.4 Å². The second-order valence-corrected chi connectivity index (χ2v) is 4.44. The first-order valence-electron chi connectivity index (χ1n) is 6.22. The van der Waals surface area contributed by atoms with Crippen molar-refractivity contribution in [3.63, 3.8) is 0 Å². The smallest absolute Gasteiger partial charge is 0.204 e. The van der Waals surface area contributed by atoms with E-state index in [0.717, 1.165) is 5.56 Å². The first-order chi connectivity index (χ1) is 8.67. The van der Waals surface area contributed by atoms with Gasteiger partial charge in [0.2, 0.25) is 5.82 Å². The molecule has 0 unspecified atom stereocenters. The van der Waals surface area contributed by atoms with Crippen LogP contribution in [-0.4, -0.2) is 30.9 Å². The van der Waals surface area contributed by atoms with Gasteiger partial charge in [0.05, 0.1) is 12.1 Å². The molecular formula is C13H18N4O. The van der Waals surface area contributed by atoms with E-state index in [2.05, 4.69) is 15.4 Å². The molecule has 0 aliphatic rings. The van der Waals surface area contributed by atoms with Gasteiger partial charge in [-0.05, 0) is 18.1 Å². The Balaban J connectivity index is 2.16. The van der Waals surface area contributed by atoms with Gasteiger partial charge in [0.15, 0.2) is 0 Å². The molecule has 18 heavy (non-hydrogen) atoms. The molecule has 2 rings (SSSR count). The molecular weight excluding hydrogens is 228 g/mol. The molecule has 1 heterocycles. The molecule has 0 saturated carbocycles. The van der Waals surface area contributed by atoms with E-state index < -0.39 is 5.60 Å². The Morgan fingerprint density at radius 1 is 1.17 bits per heavy atom. The molecule has 96 valence electrons. The summed E-state index contributed by atoms with van der Waals surface area (Å²) in [4.78, 5) is 1.47. The second kappa shape index (κ2) is 5.27. The zero-order valence-corrected chi connectivity index (χ0v) is 10.7. The van der Waals surface area contributed by atoms with Crippen LogP contribution in [0.4, 0.5) is 0 Å². The van der Waals surface area contributed by atoms with Gasteiger partial charge >= 0.3 is 0 Å². The van der Waals surface area contributed by atoms with Crippen LogP contribution in [0.25, 0.3) is 11.4 Å². The van der Waals surface area contributed by atoms with Gasteiger partial charge in [-0.1, -0.05) is 44.2 Å². The van der Waals surface area contributed by atoms with Gasteiger partial charge < -0.3 is 5.11 Å². The molecule has 0 spiro atoms. The number of nitrogens with zero attached hydrogens (tertiary/aromatic N) is 4. The Kier molecular flexibility index (Phi) is 3.72. The molecule has 0 amide bonds. The van der Waals surface area contributed by atoms with E-state index in [1.807, 2.05) is 44.2 Å². The van der Waals surface area contributed by atoms with Crippen LogP contribution < -0.4 is 0 Å². The van der Waals surface area contributed by atoms with Crippen LogP contribution in [0.2, 0.25) is 0 Å². The third-order valence-electron chi connectivity index (χ3n) is 3.24. The molecule has 5 heteroatoms. The van der Waals surface area contributed by atoms with Crippen LogP contribution in [0, 0.1) is 0 Å². The monoisotopic (exact) mass is 246 g/mol. The Labute approximate surface area is 106 Å². The average molecular weight is 246 g/mol. The Morgan fingerprint density at radius 2 is 1.83 bits per heavy atom. The number of benzene rings is 1. The highest BCUT2D eigenvalue weighted by molar-refractivity contribution is 5.52. The maximum absolute atomic E-state index is 10.2. The van der Waals surface area contributed by atoms with Crippen LogP contribution >= 0.6 is 0 Å². The summed E-state index contributed by atoms with van der Waals surface area (Å²) < 4.78 is 0. The molecule has 1 aromatic carbocycles. The Hall–Kier alpha value is -1.75. The molecule has 0 aliphatic heterocycles. The highest BCUT2D eigenvalue weighted by Gasteiger charge is 2.24. The Morgan fingerprint density at radius 3 is 2.44 bits per heavy atom. The number of hydrogen-bond donors (Lipinski definition) is 1. The van der Waals surface area contributed by atoms with E-state index in [1.165, 1.54) is 4.80 Å². The number of tetrazole rings is 1. The van der Waals surface area contributed by atoms with Crippen molar-refractivity contribution in [2.24, 2.45) is 0 Å². The number of aliphatic hydroxyl groups is 1. The summed E-state index contributed by atoms with van der Waals surface area (Å²) in [5.41, 5.74) is 0.176. The van der Waals surface area contributed by atoms with Crippen molar-refractivity contribution in [1.29, 1.82) is 0 Å². The summed E-state index contributed by atoms with van der Waals surface area (Å²) in [5.74, 6) is 0.588. The third-order valence-corrected chi connectivity index (χ3v) is 3.24. The predicted octanol–water partition coefficient (Wildman–Crippen LogP) is 1.89. The van der Waals surface area contributed by atoms with Crippen molar-refractivity contribution >= 4 is 0 Å². The van der Waals surface area contributed by atoms with E-state index >= 15 is 0 Å². The first kappa shape index (κ1) is 12.7. The fraction of sp³-hybridized carbons (Fsp3) is 0.462. The molecule has 0 atom stereocenters. The largest absolute Gasteiger partial charge is 0.388 e. The molecule has 0 fully saturated rings. The predicted molar refractivity (Wildman–Crippen MR) is 68.8 cm³/mol. The highest BCUT2D eigenvalue weighted by Crippen LogP contribution is 2.17. The first-order valence-corrected chi connectivity index (χ1v) is 6.22. The van der Waals surface area contributed by atoms with Crippen LogP contribution in [0.5, 0.6) is 0 Å². The van der Waals surface area contributed by atoms with Gasteiger partial charge in [0.25, 0.3) is 0 Å². The SMILES string of the molecule is CCC(O)(CC)Cn1nnc(-c2ccccc2)n1. The van der Waals surface area contributed by atoms with E-state index in [4.69, 9.17) is 0 Å². The molecule has 0 radical (unpaired) electrons. The van der Waals surface area contributed by atoms with Crippen LogP contribution in [0.15, 0.2) is 30.3 Å². The summed E-state index contributed by atoms with van der Waals surface area (Å²) in [5, 5.41) is 22.5. The second-order valence-electron chi connectivity index (χ2n) is 4.44. The third kappa shape index (κ3) is 2.73. The minimum absolute atomic E-state index is 0.375. The highest BCUT2D eigenvalue weighted by atomic mass is 16.3. The molecule has 1 N–H and O–H groups in total. The molecule has 0 aliphatic carbocycles. The summed E-state index contributed by atoms with van der Waals surface area (Å²) in [7, 11) is 0.